The fourth-order valence-electron chi connectivity index (χ4n) is 3.07. The van der Waals surface area contributed by atoms with Crippen molar-refractivity contribution in [2.75, 3.05) is 6.61 Å². The first-order valence-electron chi connectivity index (χ1n) is 9.80. The van der Waals surface area contributed by atoms with E-state index in [9.17, 15) is 0 Å². The Hall–Kier alpha value is -1.94. The van der Waals surface area contributed by atoms with E-state index in [2.05, 4.69) is 19.1 Å². The first-order valence-corrected chi connectivity index (χ1v) is 10.7. The highest BCUT2D eigenvalue weighted by Crippen LogP contribution is 2.30. The summed E-state index contributed by atoms with van der Waals surface area (Å²) >= 11 is 1.63. The first kappa shape index (κ1) is 18.8. The van der Waals surface area contributed by atoms with Gasteiger partial charge in [-0.3, -0.25) is 0 Å². The van der Waals surface area contributed by atoms with Gasteiger partial charge in [0.25, 0.3) is 0 Å². The summed E-state index contributed by atoms with van der Waals surface area (Å²) in [5.74, 6) is 0.657. The Morgan fingerprint density at radius 2 is 1.46 bits per heavy atom. The number of thiophene rings is 1. The van der Waals surface area contributed by atoms with E-state index in [0.717, 1.165) is 28.7 Å². The van der Waals surface area contributed by atoms with Gasteiger partial charge < -0.3 is 4.74 Å². The third kappa shape index (κ3) is 5.28. The molecule has 3 nitrogen and oxygen atoms in total. The van der Waals surface area contributed by atoms with E-state index in [1.807, 2.05) is 29.0 Å². The fraction of sp³-hybridized carbons (Fsp3) is 0.455. The molecule has 0 radical (unpaired) electrons. The van der Waals surface area contributed by atoms with Crippen LogP contribution in [0.3, 0.4) is 0 Å². The van der Waals surface area contributed by atoms with Crippen molar-refractivity contribution in [1.82, 2.24) is 9.97 Å². The molecule has 0 unspecified atom stereocenters. The summed E-state index contributed by atoms with van der Waals surface area (Å²) < 4.78 is 6.05. The molecule has 0 bridgehead atoms. The topological polar surface area (TPSA) is 35.0 Å². The fourth-order valence-corrected chi connectivity index (χ4v) is 3.74. The highest BCUT2D eigenvalue weighted by Gasteiger charge is 2.12. The Labute approximate surface area is 160 Å². The zero-order valence-electron chi connectivity index (χ0n) is 15.6. The molecule has 0 spiro atoms. The highest BCUT2D eigenvalue weighted by molar-refractivity contribution is 7.09. The van der Waals surface area contributed by atoms with Crippen LogP contribution >= 0.6 is 11.3 Å². The molecule has 2 aromatic heterocycles. The molecule has 0 amide bonds. The van der Waals surface area contributed by atoms with Gasteiger partial charge in [0.1, 0.15) is 16.7 Å². The van der Waals surface area contributed by atoms with Crippen molar-refractivity contribution in [2.24, 2.45) is 0 Å². The second kappa shape index (κ2) is 10.3. The number of rotatable bonds is 11. The van der Waals surface area contributed by atoms with E-state index >= 15 is 0 Å². The lowest BCUT2D eigenvalue weighted by Gasteiger charge is -2.10. The smallest absolute Gasteiger partial charge is 0.241 e. The van der Waals surface area contributed by atoms with E-state index < -0.39 is 0 Å². The van der Waals surface area contributed by atoms with Gasteiger partial charge in [0.15, 0.2) is 0 Å². The summed E-state index contributed by atoms with van der Waals surface area (Å²) in [6, 6.07) is 10.2. The van der Waals surface area contributed by atoms with Crippen molar-refractivity contribution in [2.45, 2.75) is 58.3 Å². The lowest BCUT2D eigenvalue weighted by molar-refractivity contribution is 0.294. The first-order chi connectivity index (χ1) is 12.9. The van der Waals surface area contributed by atoms with E-state index in [0.29, 0.717) is 12.5 Å². The van der Waals surface area contributed by atoms with Crippen LogP contribution in [0, 0.1) is 0 Å². The number of ether oxygens (including phenoxy) is 1. The second-order valence-corrected chi connectivity index (χ2v) is 7.45. The number of benzene rings is 1. The number of unbranched alkanes of at least 4 members (excludes halogenated alkanes) is 7. The van der Waals surface area contributed by atoms with Crippen LogP contribution in [0.2, 0.25) is 0 Å². The summed E-state index contributed by atoms with van der Waals surface area (Å²) in [5.41, 5.74) is 3.75. The number of hydrogen-bond acceptors (Lipinski definition) is 4. The largest absolute Gasteiger partial charge is 0.476 e. The van der Waals surface area contributed by atoms with Crippen LogP contribution in [0.5, 0.6) is 5.88 Å². The molecule has 26 heavy (non-hydrogen) atoms. The normalized spacial score (nSPS) is 11.1. The minimum absolute atomic E-state index is 0.657. The molecule has 4 heteroatoms. The number of hydrogen-bond donors (Lipinski definition) is 0. The summed E-state index contributed by atoms with van der Waals surface area (Å²) in [6.07, 6.45) is 10.4. The van der Waals surface area contributed by atoms with Gasteiger partial charge >= 0.3 is 0 Å². The van der Waals surface area contributed by atoms with Gasteiger partial charge in [-0.2, -0.15) is 0 Å². The van der Waals surface area contributed by atoms with Crippen LogP contribution in [0.4, 0.5) is 0 Å². The van der Waals surface area contributed by atoms with E-state index in [1.54, 1.807) is 11.3 Å². The SMILES string of the molecule is CCCCCCCCCCOc1nc2cscc2nc1-c1ccccc1. The molecular weight excluding hydrogens is 340 g/mol. The maximum absolute atomic E-state index is 6.05. The van der Waals surface area contributed by atoms with Crippen molar-refractivity contribution in [3.63, 3.8) is 0 Å². The predicted molar refractivity (Wildman–Crippen MR) is 111 cm³/mol. The highest BCUT2D eigenvalue weighted by atomic mass is 32.1. The summed E-state index contributed by atoms with van der Waals surface area (Å²) in [4.78, 5) is 9.49. The van der Waals surface area contributed by atoms with Gasteiger partial charge in [0.05, 0.1) is 6.61 Å². The van der Waals surface area contributed by atoms with Gasteiger partial charge in [-0.05, 0) is 6.42 Å². The average molecular weight is 369 g/mol. The lowest BCUT2D eigenvalue weighted by atomic mass is 10.1. The molecule has 0 fully saturated rings. The molecule has 0 aliphatic heterocycles. The van der Waals surface area contributed by atoms with Crippen LogP contribution < -0.4 is 4.74 Å². The quantitative estimate of drug-likeness (QED) is 0.346. The summed E-state index contributed by atoms with van der Waals surface area (Å²) in [7, 11) is 0. The maximum atomic E-state index is 6.05. The van der Waals surface area contributed by atoms with Crippen LogP contribution in [-0.4, -0.2) is 16.6 Å². The Bertz CT molecular complexity index is 785. The van der Waals surface area contributed by atoms with Gasteiger partial charge in [-0.25, -0.2) is 9.97 Å². The molecule has 2 heterocycles. The Morgan fingerprint density at radius 3 is 2.19 bits per heavy atom. The van der Waals surface area contributed by atoms with Gasteiger partial charge in [-0.1, -0.05) is 82.2 Å². The monoisotopic (exact) mass is 368 g/mol. The molecule has 0 aliphatic rings. The molecular formula is C22H28N2OS. The van der Waals surface area contributed by atoms with Crippen LogP contribution in [0.15, 0.2) is 41.1 Å². The third-order valence-corrected chi connectivity index (χ3v) is 5.28. The molecule has 3 rings (SSSR count). The maximum Gasteiger partial charge on any atom is 0.241 e. The van der Waals surface area contributed by atoms with Crippen molar-refractivity contribution in [1.29, 1.82) is 0 Å². The molecule has 3 aromatic rings. The van der Waals surface area contributed by atoms with E-state index in [-0.39, 0.29) is 0 Å². The number of fused-ring (bicyclic) bond motifs is 1. The molecule has 0 saturated carbocycles. The van der Waals surface area contributed by atoms with Crippen molar-refractivity contribution in [3.8, 4) is 17.1 Å². The van der Waals surface area contributed by atoms with Crippen LogP contribution in [0.1, 0.15) is 58.3 Å². The molecule has 0 atom stereocenters. The van der Waals surface area contributed by atoms with Crippen molar-refractivity contribution in [3.05, 3.63) is 41.1 Å². The zero-order chi connectivity index (χ0) is 18.0. The van der Waals surface area contributed by atoms with Gasteiger partial charge in [0.2, 0.25) is 5.88 Å². The van der Waals surface area contributed by atoms with E-state index in [4.69, 9.17) is 14.7 Å². The molecule has 0 aliphatic carbocycles. The van der Waals surface area contributed by atoms with Crippen molar-refractivity contribution >= 4 is 22.4 Å². The minimum atomic E-state index is 0.657. The zero-order valence-corrected chi connectivity index (χ0v) is 16.4. The Kier molecular flexibility index (Phi) is 7.44. The number of aromatic nitrogens is 2. The molecule has 138 valence electrons. The molecule has 0 saturated heterocycles. The summed E-state index contributed by atoms with van der Waals surface area (Å²) in [6.45, 7) is 2.97. The lowest BCUT2D eigenvalue weighted by Crippen LogP contribution is -2.02. The van der Waals surface area contributed by atoms with Crippen molar-refractivity contribution < 1.29 is 4.74 Å². The minimum Gasteiger partial charge on any atom is -0.476 e. The van der Waals surface area contributed by atoms with E-state index in [1.165, 1.54) is 44.9 Å². The predicted octanol–water partition coefficient (Wildman–Crippen LogP) is 6.88. The Morgan fingerprint density at radius 1 is 0.808 bits per heavy atom. The average Bonchev–Trinajstić information content (AvgIpc) is 3.14. The molecule has 0 N–H and O–H groups in total. The Balaban J connectivity index is 1.55. The van der Waals surface area contributed by atoms with Gasteiger partial charge in [-0.15, -0.1) is 11.3 Å². The standard InChI is InChI=1S/C22H28N2OS/c1-2-3-4-5-6-7-8-12-15-25-22-21(18-13-10-9-11-14-18)23-19-16-26-17-20(19)24-22/h9-11,13-14,16-17H,2-8,12,15H2,1H3. The second-order valence-electron chi connectivity index (χ2n) is 6.71. The van der Waals surface area contributed by atoms with Crippen LogP contribution in [0.25, 0.3) is 22.3 Å². The third-order valence-electron chi connectivity index (χ3n) is 4.56. The molecule has 1 aromatic carbocycles. The number of nitrogens with zero attached hydrogens (tertiary/aromatic N) is 2. The van der Waals surface area contributed by atoms with Gasteiger partial charge in [0, 0.05) is 16.3 Å². The summed E-state index contributed by atoms with van der Waals surface area (Å²) in [5, 5.41) is 4.07. The van der Waals surface area contributed by atoms with Crippen LogP contribution in [-0.2, 0) is 0 Å².